The second-order valence-corrected chi connectivity index (χ2v) is 6.74. The molecule has 2 N–H and O–H groups in total. The molecule has 0 aliphatic rings. The van der Waals surface area contributed by atoms with Crippen molar-refractivity contribution in [2.24, 2.45) is 23.0 Å². The molecule has 0 aromatic carbocycles. The minimum atomic E-state index is -0.163. The molecule has 3 heteroatoms. The maximum atomic E-state index is 12.0. The molecular formula is C16H33NO2. The molecule has 0 heterocycles. The molecule has 0 rings (SSSR count). The summed E-state index contributed by atoms with van der Waals surface area (Å²) >= 11 is 0. The van der Waals surface area contributed by atoms with Gasteiger partial charge in [0.2, 0.25) is 0 Å². The maximum Gasteiger partial charge on any atom is 0.310 e. The van der Waals surface area contributed by atoms with Crippen LogP contribution in [-0.4, -0.2) is 19.1 Å². The topological polar surface area (TPSA) is 52.3 Å². The summed E-state index contributed by atoms with van der Waals surface area (Å²) in [5.74, 6) is 0.216. The van der Waals surface area contributed by atoms with E-state index in [1.165, 1.54) is 12.8 Å². The Kier molecular flexibility index (Phi) is 9.07. The average molecular weight is 271 g/mol. The molecule has 19 heavy (non-hydrogen) atoms. The Morgan fingerprint density at radius 1 is 1.26 bits per heavy atom. The van der Waals surface area contributed by atoms with Gasteiger partial charge in [0.25, 0.3) is 0 Å². The van der Waals surface area contributed by atoms with Gasteiger partial charge < -0.3 is 10.5 Å². The van der Waals surface area contributed by atoms with Crippen LogP contribution in [0.1, 0.15) is 66.7 Å². The summed E-state index contributed by atoms with van der Waals surface area (Å²) in [5, 5.41) is 0. The molecule has 0 radical (unpaired) electrons. The highest BCUT2D eigenvalue weighted by molar-refractivity contribution is 5.72. The van der Waals surface area contributed by atoms with Crippen molar-refractivity contribution >= 4 is 5.97 Å². The van der Waals surface area contributed by atoms with Crippen molar-refractivity contribution in [3.8, 4) is 0 Å². The number of unbranched alkanes of at least 4 members (excludes halogenated alkanes) is 1. The lowest BCUT2D eigenvalue weighted by Gasteiger charge is -2.24. The van der Waals surface area contributed by atoms with E-state index in [4.69, 9.17) is 10.5 Å². The monoisotopic (exact) mass is 271 g/mol. The van der Waals surface area contributed by atoms with Crippen LogP contribution in [0.3, 0.4) is 0 Å². The summed E-state index contributed by atoms with van der Waals surface area (Å²) in [4.78, 5) is 12.0. The highest BCUT2D eigenvalue weighted by atomic mass is 16.5. The van der Waals surface area contributed by atoms with Gasteiger partial charge in [0.15, 0.2) is 0 Å². The van der Waals surface area contributed by atoms with Gasteiger partial charge in [-0.1, -0.05) is 53.9 Å². The molecule has 2 atom stereocenters. The van der Waals surface area contributed by atoms with Crippen LogP contribution in [0.5, 0.6) is 0 Å². The van der Waals surface area contributed by atoms with E-state index in [0.29, 0.717) is 19.1 Å². The zero-order valence-electron chi connectivity index (χ0n) is 13.5. The van der Waals surface area contributed by atoms with E-state index < -0.39 is 0 Å². The molecule has 0 aliphatic carbocycles. The standard InChI is InChI=1S/C16H33NO2/c1-6-8-9-13(7-2)12-19-15(18)14(11-17)10-16(3,4)5/h13-14H,6-12,17H2,1-5H3. The van der Waals surface area contributed by atoms with E-state index >= 15 is 0 Å². The molecule has 0 saturated heterocycles. The summed E-state index contributed by atoms with van der Waals surface area (Å²) in [7, 11) is 0. The number of esters is 1. The number of carbonyl (C=O) groups is 1. The van der Waals surface area contributed by atoms with Crippen LogP contribution >= 0.6 is 0 Å². The van der Waals surface area contributed by atoms with Crippen molar-refractivity contribution in [1.82, 2.24) is 0 Å². The normalized spacial score (nSPS) is 15.1. The first kappa shape index (κ1) is 18.4. The van der Waals surface area contributed by atoms with Gasteiger partial charge >= 0.3 is 5.97 Å². The highest BCUT2D eigenvalue weighted by Gasteiger charge is 2.25. The van der Waals surface area contributed by atoms with E-state index in [2.05, 4.69) is 34.6 Å². The fourth-order valence-corrected chi connectivity index (χ4v) is 2.22. The third kappa shape index (κ3) is 9.04. The predicted molar refractivity (Wildman–Crippen MR) is 80.9 cm³/mol. The smallest absolute Gasteiger partial charge is 0.310 e. The molecule has 2 unspecified atom stereocenters. The summed E-state index contributed by atoms with van der Waals surface area (Å²) in [5.41, 5.74) is 5.81. The second kappa shape index (κ2) is 9.35. The van der Waals surface area contributed by atoms with E-state index in [1.54, 1.807) is 0 Å². The largest absolute Gasteiger partial charge is 0.465 e. The Labute approximate surface area is 119 Å². The maximum absolute atomic E-state index is 12.0. The number of nitrogens with two attached hydrogens (primary N) is 1. The third-order valence-corrected chi connectivity index (χ3v) is 3.48. The van der Waals surface area contributed by atoms with E-state index in [1.807, 2.05) is 0 Å². The van der Waals surface area contributed by atoms with Gasteiger partial charge in [-0.15, -0.1) is 0 Å². The summed E-state index contributed by atoms with van der Waals surface area (Å²) in [6.45, 7) is 11.6. The zero-order chi connectivity index (χ0) is 14.9. The quantitative estimate of drug-likeness (QED) is 0.650. The fourth-order valence-electron chi connectivity index (χ4n) is 2.22. The third-order valence-electron chi connectivity index (χ3n) is 3.48. The number of hydrogen-bond donors (Lipinski definition) is 1. The molecule has 0 amide bonds. The van der Waals surface area contributed by atoms with Gasteiger partial charge in [-0.25, -0.2) is 0 Å². The number of hydrogen-bond acceptors (Lipinski definition) is 3. The van der Waals surface area contributed by atoms with Gasteiger partial charge in [-0.2, -0.15) is 0 Å². The SMILES string of the molecule is CCCCC(CC)COC(=O)C(CN)CC(C)(C)C. The van der Waals surface area contributed by atoms with E-state index in [-0.39, 0.29) is 17.3 Å². The average Bonchev–Trinajstić information content (AvgIpc) is 2.34. The zero-order valence-corrected chi connectivity index (χ0v) is 13.5. The summed E-state index contributed by atoms with van der Waals surface area (Å²) < 4.78 is 5.47. The molecular weight excluding hydrogens is 238 g/mol. The predicted octanol–water partition coefficient (Wildman–Crippen LogP) is 3.76. The first-order valence-corrected chi connectivity index (χ1v) is 7.70. The Bertz CT molecular complexity index is 246. The van der Waals surface area contributed by atoms with Gasteiger partial charge in [0.05, 0.1) is 12.5 Å². The summed E-state index contributed by atoms with van der Waals surface area (Å²) in [6.07, 6.45) is 5.40. The van der Waals surface area contributed by atoms with Crippen LogP contribution in [0.25, 0.3) is 0 Å². The molecule has 0 saturated carbocycles. The molecule has 0 spiro atoms. The minimum absolute atomic E-state index is 0.107. The van der Waals surface area contributed by atoms with E-state index in [0.717, 1.165) is 19.3 Å². The lowest BCUT2D eigenvalue weighted by Crippen LogP contribution is -2.30. The molecule has 0 bridgehead atoms. The van der Waals surface area contributed by atoms with Crippen LogP contribution in [0.15, 0.2) is 0 Å². The lowest BCUT2D eigenvalue weighted by molar-refractivity contribution is -0.150. The van der Waals surface area contributed by atoms with Gasteiger partial charge in [0.1, 0.15) is 0 Å². The van der Waals surface area contributed by atoms with Gasteiger partial charge in [-0.05, 0) is 24.2 Å². The van der Waals surface area contributed by atoms with Gasteiger partial charge in [0, 0.05) is 6.54 Å². The Morgan fingerprint density at radius 2 is 1.89 bits per heavy atom. The van der Waals surface area contributed by atoms with Crippen molar-refractivity contribution in [3.63, 3.8) is 0 Å². The molecule has 0 aromatic heterocycles. The molecule has 0 aliphatic heterocycles. The van der Waals surface area contributed by atoms with Crippen molar-refractivity contribution in [3.05, 3.63) is 0 Å². The fraction of sp³-hybridized carbons (Fsp3) is 0.938. The highest BCUT2D eigenvalue weighted by Crippen LogP contribution is 2.25. The van der Waals surface area contributed by atoms with Gasteiger partial charge in [-0.3, -0.25) is 4.79 Å². The first-order chi connectivity index (χ1) is 8.84. The molecule has 3 nitrogen and oxygen atoms in total. The molecule has 0 fully saturated rings. The number of rotatable bonds is 9. The van der Waals surface area contributed by atoms with Crippen molar-refractivity contribution in [2.45, 2.75) is 66.7 Å². The van der Waals surface area contributed by atoms with E-state index in [9.17, 15) is 4.79 Å². The number of ether oxygens (including phenoxy) is 1. The lowest BCUT2D eigenvalue weighted by atomic mass is 9.84. The van der Waals surface area contributed by atoms with Crippen LogP contribution < -0.4 is 5.73 Å². The van der Waals surface area contributed by atoms with Crippen LogP contribution in [-0.2, 0) is 9.53 Å². The molecule has 114 valence electrons. The Hall–Kier alpha value is -0.570. The van der Waals surface area contributed by atoms with Crippen LogP contribution in [0, 0.1) is 17.3 Å². The van der Waals surface area contributed by atoms with Crippen LogP contribution in [0.2, 0.25) is 0 Å². The van der Waals surface area contributed by atoms with Crippen molar-refractivity contribution < 1.29 is 9.53 Å². The first-order valence-electron chi connectivity index (χ1n) is 7.70. The Morgan fingerprint density at radius 3 is 2.32 bits per heavy atom. The van der Waals surface area contributed by atoms with Crippen LogP contribution in [0.4, 0.5) is 0 Å². The Balaban J connectivity index is 4.18. The molecule has 0 aromatic rings. The number of carbonyl (C=O) groups excluding carboxylic acids is 1. The summed E-state index contributed by atoms with van der Waals surface area (Å²) in [6, 6.07) is 0. The second-order valence-electron chi connectivity index (χ2n) is 6.74. The minimum Gasteiger partial charge on any atom is -0.465 e. The van der Waals surface area contributed by atoms with Crippen molar-refractivity contribution in [1.29, 1.82) is 0 Å². The van der Waals surface area contributed by atoms with Crippen molar-refractivity contribution in [2.75, 3.05) is 13.2 Å².